The van der Waals surface area contributed by atoms with E-state index in [2.05, 4.69) is 14.9 Å². The van der Waals surface area contributed by atoms with E-state index in [1.54, 1.807) is 60.4 Å². The molecule has 0 fully saturated rings. The fourth-order valence-corrected chi connectivity index (χ4v) is 2.91. The van der Waals surface area contributed by atoms with Crippen LogP contribution < -0.4 is 5.32 Å². The summed E-state index contributed by atoms with van der Waals surface area (Å²) in [6.07, 6.45) is 4.68. The van der Waals surface area contributed by atoms with E-state index in [1.807, 2.05) is 0 Å². The van der Waals surface area contributed by atoms with E-state index in [0.717, 1.165) is 11.1 Å². The Morgan fingerprint density at radius 3 is 2.59 bits per heavy atom. The van der Waals surface area contributed by atoms with Crippen LogP contribution in [-0.4, -0.2) is 20.6 Å². The molecular weight excluding hydrogens is 396 g/mol. The average Bonchev–Trinajstić information content (AvgIpc) is 3.07. The first-order chi connectivity index (χ1) is 13.9. The second-order valence-corrected chi connectivity index (χ2v) is 6.84. The fourth-order valence-electron chi connectivity index (χ4n) is 2.65. The second kappa shape index (κ2) is 9.34. The predicted octanol–water partition coefficient (Wildman–Crippen LogP) is 4.04. The first-order valence-corrected chi connectivity index (χ1v) is 9.70. The Bertz CT molecular complexity index is 1050. The molecule has 0 aliphatic rings. The Balaban J connectivity index is 1.67. The Hall–Kier alpha value is -3.19. The van der Waals surface area contributed by atoms with Gasteiger partial charge in [0.15, 0.2) is 0 Å². The lowest BCUT2D eigenvalue weighted by Gasteiger charge is -2.04. The molecule has 1 unspecified atom stereocenters. The van der Waals surface area contributed by atoms with Gasteiger partial charge in [-0.25, -0.2) is 4.39 Å². The molecule has 148 valence electrons. The summed E-state index contributed by atoms with van der Waals surface area (Å²) in [7, 11) is -0.892. The normalized spacial score (nSPS) is 11.6. The molecule has 1 atom stereocenters. The number of carbonyl (C=O) groups excluding carboxylic acids is 1. The van der Waals surface area contributed by atoms with Gasteiger partial charge in [-0.05, 0) is 41.5 Å². The number of aromatic nitrogens is 2. The van der Waals surface area contributed by atoms with Crippen molar-refractivity contribution in [1.29, 1.82) is 0 Å². The number of halogens is 1. The zero-order chi connectivity index (χ0) is 20.8. The van der Waals surface area contributed by atoms with Gasteiger partial charge >= 0.3 is 8.25 Å². The first-order valence-electron chi connectivity index (χ1n) is 8.57. The van der Waals surface area contributed by atoms with Crippen LogP contribution in [0.2, 0.25) is 0 Å². The van der Waals surface area contributed by atoms with Crippen LogP contribution in [0.5, 0.6) is 0 Å². The fraction of sp³-hybridized carbons (Fsp3) is 0.100. The molecule has 1 aromatic heterocycles. The quantitative estimate of drug-likeness (QED) is 0.450. The first kappa shape index (κ1) is 20.5. The molecule has 2 N–H and O–H groups in total. The lowest BCUT2D eigenvalue weighted by atomic mass is 10.1. The number of amides is 1. The highest BCUT2D eigenvalue weighted by Crippen LogP contribution is 2.24. The molecule has 0 spiro atoms. The molecule has 29 heavy (non-hydrogen) atoms. The lowest BCUT2D eigenvalue weighted by Crippen LogP contribution is -2.08. The van der Waals surface area contributed by atoms with E-state index in [1.165, 1.54) is 18.2 Å². The van der Waals surface area contributed by atoms with Gasteiger partial charge in [-0.15, -0.1) is 9.42 Å². The number of hydrogen-bond acceptors (Lipinski definition) is 4. The summed E-state index contributed by atoms with van der Waals surface area (Å²) in [5, 5.41) is 6.94. The number of carbonyl (C=O) groups is 1. The minimum atomic E-state index is -2.65. The molecular formula is C20H18FN3O4P+. The number of aryl methyl sites for hydroxylation is 1. The van der Waals surface area contributed by atoms with E-state index < -0.39 is 8.25 Å². The number of benzene rings is 2. The molecule has 0 radical (unpaired) electrons. The third-order valence-electron chi connectivity index (χ3n) is 4.10. The third kappa shape index (κ3) is 5.65. The van der Waals surface area contributed by atoms with Crippen molar-refractivity contribution in [2.75, 3.05) is 5.32 Å². The Labute approximate surface area is 167 Å². The summed E-state index contributed by atoms with van der Waals surface area (Å²) in [6.45, 7) is 0.00643. The maximum Gasteiger partial charge on any atom is 0.695 e. The Morgan fingerprint density at radius 2 is 1.93 bits per heavy atom. The third-order valence-corrected chi connectivity index (χ3v) is 4.45. The van der Waals surface area contributed by atoms with Crippen molar-refractivity contribution < 1.29 is 23.2 Å². The molecule has 3 aromatic rings. The van der Waals surface area contributed by atoms with Gasteiger partial charge in [0.2, 0.25) is 5.91 Å². The molecule has 1 heterocycles. The Morgan fingerprint density at radius 1 is 1.24 bits per heavy atom. The summed E-state index contributed by atoms with van der Waals surface area (Å²) in [5.41, 5.74) is 3.55. The van der Waals surface area contributed by atoms with Crippen LogP contribution in [0.15, 0.2) is 60.8 Å². The SMILES string of the molecule is Cn1ncc(-c2ccc(F)cc2)c1/C=C/C(=O)Nc1ccc(CO[P+](=O)O)cc1. The molecule has 2 aromatic carbocycles. The predicted molar refractivity (Wildman–Crippen MR) is 107 cm³/mol. The summed E-state index contributed by atoms with van der Waals surface area (Å²) in [6, 6.07) is 12.8. The van der Waals surface area contributed by atoms with Crippen LogP contribution in [0.25, 0.3) is 17.2 Å². The number of rotatable bonds is 7. The van der Waals surface area contributed by atoms with Gasteiger partial charge in [0.25, 0.3) is 0 Å². The second-order valence-electron chi connectivity index (χ2n) is 6.10. The summed E-state index contributed by atoms with van der Waals surface area (Å²) in [5.74, 6) is -0.657. The van der Waals surface area contributed by atoms with E-state index >= 15 is 0 Å². The highest BCUT2D eigenvalue weighted by atomic mass is 31.1. The van der Waals surface area contributed by atoms with Gasteiger partial charge in [0.1, 0.15) is 12.4 Å². The summed E-state index contributed by atoms with van der Waals surface area (Å²) in [4.78, 5) is 20.9. The van der Waals surface area contributed by atoms with Crippen LogP contribution in [0.1, 0.15) is 11.3 Å². The smallest absolute Gasteiger partial charge is 0.323 e. The molecule has 7 nitrogen and oxygen atoms in total. The van der Waals surface area contributed by atoms with Crippen LogP contribution in [0, 0.1) is 5.82 Å². The molecule has 0 saturated carbocycles. The van der Waals surface area contributed by atoms with E-state index in [9.17, 15) is 13.8 Å². The minimum absolute atomic E-state index is 0.00643. The number of nitrogens with zero attached hydrogens (tertiary/aromatic N) is 2. The summed E-state index contributed by atoms with van der Waals surface area (Å²) < 4.78 is 30.0. The van der Waals surface area contributed by atoms with Crippen molar-refractivity contribution >= 4 is 25.9 Å². The molecule has 0 aliphatic carbocycles. The van der Waals surface area contributed by atoms with Crippen LogP contribution in [0.3, 0.4) is 0 Å². The largest absolute Gasteiger partial charge is 0.695 e. The maximum atomic E-state index is 13.2. The monoisotopic (exact) mass is 414 g/mol. The summed E-state index contributed by atoms with van der Waals surface area (Å²) >= 11 is 0. The highest BCUT2D eigenvalue weighted by molar-refractivity contribution is 7.32. The van der Waals surface area contributed by atoms with Crippen LogP contribution in [-0.2, 0) is 27.5 Å². The van der Waals surface area contributed by atoms with Gasteiger partial charge in [-0.2, -0.15) is 5.10 Å². The number of hydrogen-bond donors (Lipinski definition) is 2. The molecule has 3 rings (SSSR count). The zero-order valence-electron chi connectivity index (χ0n) is 15.4. The van der Waals surface area contributed by atoms with Crippen molar-refractivity contribution in [1.82, 2.24) is 9.78 Å². The van der Waals surface area contributed by atoms with Gasteiger partial charge < -0.3 is 5.32 Å². The lowest BCUT2D eigenvalue weighted by molar-refractivity contribution is -0.111. The van der Waals surface area contributed by atoms with Crippen LogP contribution >= 0.6 is 8.25 Å². The molecule has 0 saturated heterocycles. The standard InChI is InChI=1S/C20H17FN3O4P/c1-24-19(18(12-22-24)15-4-6-16(21)7-5-15)10-11-20(25)23-17-8-2-14(3-9-17)13-28-29(26)27/h2-12H,13H2,1H3,(H-,23,25,26,27)/p+1/b11-10+. The maximum absolute atomic E-state index is 13.2. The van der Waals surface area contributed by atoms with E-state index in [-0.39, 0.29) is 18.3 Å². The topological polar surface area (TPSA) is 93.5 Å². The minimum Gasteiger partial charge on any atom is -0.323 e. The van der Waals surface area contributed by atoms with Gasteiger partial charge in [-0.1, -0.05) is 24.3 Å². The number of anilines is 1. The average molecular weight is 414 g/mol. The van der Waals surface area contributed by atoms with Gasteiger partial charge in [-0.3, -0.25) is 9.48 Å². The van der Waals surface area contributed by atoms with Crippen molar-refractivity contribution in [3.05, 3.63) is 77.9 Å². The number of nitrogens with one attached hydrogen (secondary N) is 1. The van der Waals surface area contributed by atoms with Crippen LogP contribution in [0.4, 0.5) is 10.1 Å². The molecule has 1 amide bonds. The van der Waals surface area contributed by atoms with Crippen molar-refractivity contribution in [3.63, 3.8) is 0 Å². The van der Waals surface area contributed by atoms with Crippen molar-refractivity contribution in [2.45, 2.75) is 6.61 Å². The molecule has 0 aliphatic heterocycles. The van der Waals surface area contributed by atoms with E-state index in [4.69, 9.17) is 4.89 Å². The Kier molecular flexibility index (Phi) is 6.61. The van der Waals surface area contributed by atoms with Crippen molar-refractivity contribution in [2.24, 2.45) is 7.05 Å². The highest BCUT2D eigenvalue weighted by Gasteiger charge is 2.12. The molecule has 0 bridgehead atoms. The van der Waals surface area contributed by atoms with E-state index in [0.29, 0.717) is 16.9 Å². The van der Waals surface area contributed by atoms with Crippen molar-refractivity contribution in [3.8, 4) is 11.1 Å². The molecule has 9 heteroatoms. The van der Waals surface area contributed by atoms with Gasteiger partial charge in [0, 0.05) is 28.9 Å². The van der Waals surface area contributed by atoms with Gasteiger partial charge in [0.05, 0.1) is 11.9 Å². The zero-order valence-corrected chi connectivity index (χ0v) is 16.3.